The maximum atomic E-state index is 13.0. The minimum Gasteiger partial charge on any atom is -0.503 e. The van der Waals surface area contributed by atoms with Gasteiger partial charge in [-0.2, -0.15) is 0 Å². The van der Waals surface area contributed by atoms with E-state index in [-0.39, 0.29) is 17.7 Å². The molecular formula is C24H20ClNO2. The zero-order valence-corrected chi connectivity index (χ0v) is 16.2. The molecule has 1 unspecified atom stereocenters. The molecule has 4 heteroatoms. The van der Waals surface area contributed by atoms with Crippen LogP contribution in [0.15, 0.2) is 84.6 Å². The predicted molar refractivity (Wildman–Crippen MR) is 112 cm³/mol. The molecule has 140 valence electrons. The largest absolute Gasteiger partial charge is 0.503 e. The van der Waals surface area contributed by atoms with Gasteiger partial charge in [-0.05, 0) is 35.7 Å². The second-order valence-corrected chi connectivity index (χ2v) is 7.44. The Labute approximate surface area is 169 Å². The third-order valence-corrected chi connectivity index (χ3v) is 5.30. The summed E-state index contributed by atoms with van der Waals surface area (Å²) in [6.07, 6.45) is 0. The summed E-state index contributed by atoms with van der Waals surface area (Å²) >= 11 is 5.99. The highest BCUT2D eigenvalue weighted by Crippen LogP contribution is 2.43. The van der Waals surface area contributed by atoms with Crippen LogP contribution in [0.2, 0.25) is 5.02 Å². The van der Waals surface area contributed by atoms with Crippen molar-refractivity contribution in [3.63, 3.8) is 0 Å². The van der Waals surface area contributed by atoms with Crippen molar-refractivity contribution >= 4 is 23.1 Å². The summed E-state index contributed by atoms with van der Waals surface area (Å²) in [6, 6.07) is 24.7. The summed E-state index contributed by atoms with van der Waals surface area (Å²) in [5, 5.41) is 11.4. The van der Waals surface area contributed by atoms with Crippen molar-refractivity contribution in [2.75, 3.05) is 0 Å². The lowest BCUT2D eigenvalue weighted by Gasteiger charge is -2.27. The Morgan fingerprint density at radius 2 is 1.57 bits per heavy atom. The first-order valence-electron chi connectivity index (χ1n) is 9.15. The number of nitrogens with zero attached hydrogens (tertiary/aromatic N) is 1. The second-order valence-electron chi connectivity index (χ2n) is 7.00. The molecule has 0 spiro atoms. The fourth-order valence-electron chi connectivity index (χ4n) is 3.61. The third kappa shape index (κ3) is 3.41. The van der Waals surface area contributed by atoms with Crippen LogP contribution in [-0.4, -0.2) is 15.9 Å². The number of hydrogen-bond acceptors (Lipinski definition) is 2. The zero-order valence-electron chi connectivity index (χ0n) is 15.5. The van der Waals surface area contributed by atoms with Crippen molar-refractivity contribution in [2.45, 2.75) is 19.5 Å². The molecule has 0 bridgehead atoms. The number of benzene rings is 3. The Morgan fingerprint density at radius 1 is 0.929 bits per heavy atom. The quantitative estimate of drug-likeness (QED) is 0.621. The number of halogens is 1. The van der Waals surface area contributed by atoms with Gasteiger partial charge in [-0.3, -0.25) is 4.79 Å². The van der Waals surface area contributed by atoms with Crippen molar-refractivity contribution in [3.8, 4) is 0 Å². The molecule has 1 amide bonds. The second kappa shape index (κ2) is 7.53. The first-order valence-corrected chi connectivity index (χ1v) is 9.53. The predicted octanol–water partition coefficient (Wildman–Crippen LogP) is 5.70. The van der Waals surface area contributed by atoms with Gasteiger partial charge in [0.2, 0.25) is 0 Å². The Balaban J connectivity index is 1.80. The van der Waals surface area contributed by atoms with Crippen molar-refractivity contribution in [1.29, 1.82) is 0 Å². The minimum absolute atomic E-state index is 0.189. The van der Waals surface area contributed by atoms with E-state index in [0.717, 1.165) is 22.3 Å². The number of hydrogen-bond donors (Lipinski definition) is 1. The van der Waals surface area contributed by atoms with Crippen LogP contribution >= 0.6 is 11.6 Å². The number of rotatable bonds is 4. The van der Waals surface area contributed by atoms with Gasteiger partial charge in [-0.1, -0.05) is 83.9 Å². The van der Waals surface area contributed by atoms with Crippen molar-refractivity contribution < 1.29 is 9.90 Å². The van der Waals surface area contributed by atoms with E-state index in [2.05, 4.69) is 0 Å². The zero-order chi connectivity index (χ0) is 19.7. The molecule has 1 aliphatic heterocycles. The lowest BCUT2D eigenvalue weighted by atomic mass is 9.93. The van der Waals surface area contributed by atoms with Crippen LogP contribution in [0, 0.1) is 6.92 Å². The maximum Gasteiger partial charge on any atom is 0.290 e. The molecular weight excluding hydrogens is 370 g/mol. The first kappa shape index (κ1) is 18.3. The molecule has 1 aliphatic rings. The van der Waals surface area contributed by atoms with Gasteiger partial charge >= 0.3 is 0 Å². The van der Waals surface area contributed by atoms with Gasteiger partial charge in [0.1, 0.15) is 0 Å². The van der Waals surface area contributed by atoms with Gasteiger partial charge in [0.05, 0.1) is 6.04 Å². The Morgan fingerprint density at radius 3 is 2.21 bits per heavy atom. The van der Waals surface area contributed by atoms with Crippen LogP contribution in [0.25, 0.3) is 5.57 Å². The van der Waals surface area contributed by atoms with Gasteiger partial charge in [0.25, 0.3) is 5.91 Å². The maximum absolute atomic E-state index is 13.0. The van der Waals surface area contributed by atoms with E-state index in [1.165, 1.54) is 0 Å². The molecule has 0 aromatic heterocycles. The summed E-state index contributed by atoms with van der Waals surface area (Å²) in [5.74, 6) is -0.551. The summed E-state index contributed by atoms with van der Waals surface area (Å²) in [5.41, 5.74) is 4.56. The summed E-state index contributed by atoms with van der Waals surface area (Å²) in [6.45, 7) is 2.41. The van der Waals surface area contributed by atoms with Crippen molar-refractivity contribution in [2.24, 2.45) is 0 Å². The van der Waals surface area contributed by atoms with Crippen molar-refractivity contribution in [1.82, 2.24) is 4.90 Å². The standard InChI is InChI=1S/C24H20ClNO2/c1-16-7-11-19(12-8-16)22-21(18-5-3-2-4-6-18)23(27)24(28)26(22)15-17-9-13-20(25)14-10-17/h2-14,22,27H,15H2,1H3. The van der Waals surface area contributed by atoms with Gasteiger partial charge in [0, 0.05) is 17.1 Å². The normalized spacial score (nSPS) is 16.7. The minimum atomic E-state index is -0.362. The Bertz CT molecular complexity index is 1020. The molecule has 28 heavy (non-hydrogen) atoms. The Hall–Kier alpha value is -3.04. The number of aryl methyl sites for hydroxylation is 1. The van der Waals surface area contributed by atoms with E-state index >= 15 is 0 Å². The number of aliphatic hydroxyl groups is 1. The van der Waals surface area contributed by atoms with E-state index < -0.39 is 0 Å². The summed E-state index contributed by atoms with van der Waals surface area (Å²) in [4.78, 5) is 14.7. The van der Waals surface area contributed by atoms with Gasteiger partial charge in [-0.15, -0.1) is 0 Å². The molecule has 0 saturated heterocycles. The number of carbonyl (C=O) groups is 1. The van der Waals surface area contributed by atoms with E-state index in [0.29, 0.717) is 17.1 Å². The number of carbonyl (C=O) groups excluding carboxylic acids is 1. The van der Waals surface area contributed by atoms with Crippen LogP contribution in [0.3, 0.4) is 0 Å². The van der Waals surface area contributed by atoms with Gasteiger partial charge < -0.3 is 10.0 Å². The van der Waals surface area contributed by atoms with Gasteiger partial charge in [0.15, 0.2) is 5.76 Å². The van der Waals surface area contributed by atoms with Crippen molar-refractivity contribution in [3.05, 3.63) is 112 Å². The molecule has 1 heterocycles. The lowest BCUT2D eigenvalue weighted by molar-refractivity contribution is -0.130. The molecule has 3 aromatic carbocycles. The highest BCUT2D eigenvalue weighted by molar-refractivity contribution is 6.30. The van der Waals surface area contributed by atoms with E-state index in [9.17, 15) is 9.90 Å². The Kier molecular flexibility index (Phi) is 4.93. The highest BCUT2D eigenvalue weighted by Gasteiger charge is 2.40. The molecule has 0 fully saturated rings. The topological polar surface area (TPSA) is 40.5 Å². The fraction of sp³-hybridized carbons (Fsp3) is 0.125. The van der Waals surface area contributed by atoms with Gasteiger partial charge in [-0.25, -0.2) is 0 Å². The van der Waals surface area contributed by atoms with E-state index in [1.54, 1.807) is 4.90 Å². The molecule has 3 nitrogen and oxygen atoms in total. The average molecular weight is 390 g/mol. The highest BCUT2D eigenvalue weighted by atomic mass is 35.5. The van der Waals surface area contributed by atoms with Crippen LogP contribution in [0.5, 0.6) is 0 Å². The summed E-state index contributed by atoms with van der Waals surface area (Å²) < 4.78 is 0. The first-order chi connectivity index (χ1) is 13.5. The number of amides is 1. The molecule has 0 aliphatic carbocycles. The SMILES string of the molecule is Cc1ccc(C2C(c3ccccc3)=C(O)C(=O)N2Cc2ccc(Cl)cc2)cc1. The van der Waals surface area contributed by atoms with Crippen LogP contribution in [-0.2, 0) is 11.3 Å². The molecule has 0 saturated carbocycles. The average Bonchev–Trinajstić information content (AvgIpc) is 2.96. The van der Waals surface area contributed by atoms with Crippen LogP contribution < -0.4 is 0 Å². The molecule has 3 aromatic rings. The molecule has 4 rings (SSSR count). The summed E-state index contributed by atoms with van der Waals surface area (Å²) in [7, 11) is 0. The fourth-order valence-corrected chi connectivity index (χ4v) is 3.74. The van der Waals surface area contributed by atoms with Crippen LogP contribution in [0.1, 0.15) is 28.3 Å². The monoisotopic (exact) mass is 389 g/mol. The van der Waals surface area contributed by atoms with Crippen LogP contribution in [0.4, 0.5) is 0 Å². The molecule has 1 atom stereocenters. The smallest absolute Gasteiger partial charge is 0.290 e. The van der Waals surface area contributed by atoms with E-state index in [1.807, 2.05) is 85.8 Å². The molecule has 1 N–H and O–H groups in total. The third-order valence-electron chi connectivity index (χ3n) is 5.05. The number of aliphatic hydroxyl groups excluding tert-OH is 1. The lowest BCUT2D eigenvalue weighted by Crippen LogP contribution is -2.29. The van der Waals surface area contributed by atoms with E-state index in [4.69, 9.17) is 11.6 Å². The molecule has 0 radical (unpaired) electrons.